The molecule has 9 heteroatoms. The minimum atomic E-state index is -4.37. The molecule has 0 unspecified atom stereocenters. The van der Waals surface area contributed by atoms with Crippen molar-refractivity contribution >= 4 is 22.0 Å². The van der Waals surface area contributed by atoms with Crippen LogP contribution in [-0.4, -0.2) is 52.0 Å². The van der Waals surface area contributed by atoms with Gasteiger partial charge < -0.3 is 10.8 Å². The van der Waals surface area contributed by atoms with Crippen molar-refractivity contribution in [2.45, 2.75) is 194 Å². The minimum Gasteiger partial charge on any atom is -0.394 e. The van der Waals surface area contributed by atoms with Gasteiger partial charge in [0.05, 0.1) is 19.8 Å². The maximum absolute atomic E-state index is 13.0. The van der Waals surface area contributed by atoms with Gasteiger partial charge in [-0.3, -0.25) is 9.59 Å². The number of unbranched alkanes of at least 4 members (excludes halogenated alkanes) is 24. The molecule has 0 rings (SSSR count). The first kappa shape index (κ1) is 47.2. The average Bonchev–Trinajstić information content (AvgIpc) is 3.05. The summed E-state index contributed by atoms with van der Waals surface area (Å²) in [4.78, 5) is 25.9. The number of rotatable bonds is 36. The fourth-order valence-electron chi connectivity index (χ4n) is 5.67. The Morgan fingerprint density at radius 2 is 0.804 bits per heavy atom. The molecule has 0 saturated heterocycles. The Morgan fingerprint density at radius 1 is 0.522 bits per heavy atom. The van der Waals surface area contributed by atoms with Crippen LogP contribution in [0.15, 0.2) is 0 Å². The van der Waals surface area contributed by atoms with Gasteiger partial charge in [-0.15, -0.1) is 0 Å². The van der Waals surface area contributed by atoms with E-state index in [0.29, 0.717) is 12.8 Å². The van der Waals surface area contributed by atoms with Crippen molar-refractivity contribution in [2.24, 2.45) is 11.7 Å². The molecule has 0 aliphatic heterocycles. The van der Waals surface area contributed by atoms with Crippen LogP contribution >= 0.6 is 0 Å². The summed E-state index contributed by atoms with van der Waals surface area (Å²) >= 11 is 0. The summed E-state index contributed by atoms with van der Waals surface area (Å²) in [6, 6.07) is 0. The van der Waals surface area contributed by atoms with E-state index in [1.807, 2.05) is 0 Å². The van der Waals surface area contributed by atoms with Crippen LogP contribution in [0.4, 0.5) is 0 Å². The van der Waals surface area contributed by atoms with Crippen LogP contribution in [0.3, 0.4) is 0 Å². The Morgan fingerprint density at radius 3 is 1.09 bits per heavy atom. The first-order valence-electron chi connectivity index (χ1n) is 19.2. The molecule has 0 fully saturated rings. The van der Waals surface area contributed by atoms with Gasteiger partial charge in [0, 0.05) is 12.8 Å². The van der Waals surface area contributed by atoms with Crippen LogP contribution in [-0.2, 0) is 28.4 Å². The van der Waals surface area contributed by atoms with Crippen LogP contribution < -0.4 is 5.73 Å². The Bertz CT molecular complexity index is 719. The monoisotopic (exact) mass is 678 g/mol. The second kappa shape index (κ2) is 37.0. The molecule has 8 nitrogen and oxygen atoms in total. The maximum atomic E-state index is 13.0. The second-order valence-electron chi connectivity index (χ2n) is 12.7. The zero-order valence-electron chi connectivity index (χ0n) is 30.4. The number of nitrogens with two attached hydrogens (primary N) is 1. The molecule has 46 heavy (non-hydrogen) atoms. The van der Waals surface area contributed by atoms with Gasteiger partial charge >= 0.3 is 10.4 Å². The Hall–Kier alpha value is -0.870. The number of carbonyl (C=O) groups is 2. The van der Waals surface area contributed by atoms with Gasteiger partial charge in [-0.25, -0.2) is 8.37 Å². The topological polar surface area (TPSA) is 133 Å². The maximum Gasteiger partial charge on any atom is 0.399 e. The summed E-state index contributed by atoms with van der Waals surface area (Å²) in [6.45, 7) is 3.07. The van der Waals surface area contributed by atoms with Crippen molar-refractivity contribution < 1.29 is 31.5 Å². The third kappa shape index (κ3) is 33.0. The normalized spacial score (nSPS) is 11.5. The summed E-state index contributed by atoms with van der Waals surface area (Å²) in [5.74, 6) is -1.58. The summed E-state index contributed by atoms with van der Waals surface area (Å²) in [6.07, 6.45) is 31.9. The highest BCUT2D eigenvalue weighted by atomic mass is 32.3. The third-order valence-electron chi connectivity index (χ3n) is 8.53. The molecule has 0 spiro atoms. The lowest BCUT2D eigenvalue weighted by molar-refractivity contribution is -0.134. The van der Waals surface area contributed by atoms with Crippen LogP contribution in [0.5, 0.6) is 0 Å². The molecule has 0 atom stereocenters. The highest BCUT2D eigenvalue weighted by Gasteiger charge is 2.28. The van der Waals surface area contributed by atoms with Gasteiger partial charge in [-0.2, -0.15) is 8.42 Å². The smallest absolute Gasteiger partial charge is 0.394 e. The molecule has 0 aromatic rings. The predicted octanol–water partition coefficient (Wildman–Crippen LogP) is 9.55. The minimum absolute atomic E-state index is 0.245. The number of aliphatic hydroxyl groups is 1. The molecule has 0 aliphatic rings. The van der Waals surface area contributed by atoms with Gasteiger partial charge in [0.2, 0.25) is 0 Å². The van der Waals surface area contributed by atoms with E-state index >= 15 is 0 Å². The number of aliphatic hydroxyl groups excluding tert-OH is 1. The molecule has 0 bridgehead atoms. The van der Waals surface area contributed by atoms with Gasteiger partial charge in [0.15, 0.2) is 0 Å². The van der Waals surface area contributed by atoms with E-state index in [1.165, 1.54) is 123 Å². The quantitative estimate of drug-likeness (QED) is 0.0495. The predicted molar refractivity (Wildman–Crippen MR) is 192 cm³/mol. The lowest BCUT2D eigenvalue weighted by atomic mass is 9.92. The molecule has 0 aromatic carbocycles. The largest absolute Gasteiger partial charge is 0.399 e. The molecule has 0 saturated carbocycles. The standard InChI is InChI=1S/C36H70O7S.CH5N/c1-3-5-7-9-11-13-15-17-19-21-23-25-27-29-35(38)34(33-43-44(40,41)42-32-31-37)36(39)30-28-26-24-22-20-18-16-14-12-10-8-6-4-2;1-2/h34,37H,3-33H2,1-2H3;2H2,1H3. The first-order valence-corrected chi connectivity index (χ1v) is 20.5. The highest BCUT2D eigenvalue weighted by molar-refractivity contribution is 7.81. The van der Waals surface area contributed by atoms with E-state index in [-0.39, 0.29) is 24.4 Å². The number of ketones is 2. The molecule has 0 aromatic heterocycles. The molecular weight excluding hydrogens is 602 g/mol. The van der Waals surface area contributed by atoms with Crippen LogP contribution in [0.2, 0.25) is 0 Å². The van der Waals surface area contributed by atoms with Gasteiger partial charge in [-0.1, -0.05) is 168 Å². The zero-order chi connectivity index (χ0) is 34.6. The van der Waals surface area contributed by atoms with E-state index in [1.54, 1.807) is 0 Å². The van der Waals surface area contributed by atoms with Crippen LogP contribution in [0.25, 0.3) is 0 Å². The van der Waals surface area contributed by atoms with Crippen molar-refractivity contribution in [2.75, 3.05) is 26.9 Å². The zero-order valence-corrected chi connectivity index (χ0v) is 31.2. The van der Waals surface area contributed by atoms with Gasteiger partial charge in [0.25, 0.3) is 0 Å². The Labute approximate surface area is 285 Å². The number of Topliss-reactive ketones (excluding diaryl/α,β-unsaturated/α-hetero) is 2. The molecular formula is C37H75NO7S. The van der Waals surface area contributed by atoms with Crippen LogP contribution in [0, 0.1) is 5.92 Å². The molecule has 0 radical (unpaired) electrons. The summed E-state index contributed by atoms with van der Waals surface area (Å²) in [7, 11) is -2.87. The van der Waals surface area contributed by atoms with Crippen LogP contribution in [0.1, 0.15) is 194 Å². The van der Waals surface area contributed by atoms with E-state index in [4.69, 9.17) is 9.29 Å². The van der Waals surface area contributed by atoms with Crippen molar-refractivity contribution in [3.8, 4) is 0 Å². The van der Waals surface area contributed by atoms with Crippen molar-refractivity contribution in [1.82, 2.24) is 0 Å². The van der Waals surface area contributed by atoms with E-state index < -0.39 is 36.1 Å². The molecule has 276 valence electrons. The summed E-state index contributed by atoms with van der Waals surface area (Å²) in [5, 5.41) is 8.83. The molecule has 0 aliphatic carbocycles. The van der Waals surface area contributed by atoms with E-state index in [0.717, 1.165) is 38.5 Å². The van der Waals surface area contributed by atoms with Gasteiger partial charge in [0.1, 0.15) is 17.5 Å². The van der Waals surface area contributed by atoms with Crippen molar-refractivity contribution in [1.29, 1.82) is 0 Å². The second-order valence-corrected chi connectivity index (χ2v) is 14.0. The first-order chi connectivity index (χ1) is 22.4. The van der Waals surface area contributed by atoms with Crippen molar-refractivity contribution in [3.63, 3.8) is 0 Å². The number of hydrogen-bond acceptors (Lipinski definition) is 8. The lowest BCUT2D eigenvalue weighted by Crippen LogP contribution is -2.30. The lowest BCUT2D eigenvalue weighted by Gasteiger charge is -2.15. The molecule has 3 N–H and O–H groups in total. The van der Waals surface area contributed by atoms with E-state index in [9.17, 15) is 18.0 Å². The van der Waals surface area contributed by atoms with Crippen molar-refractivity contribution in [3.05, 3.63) is 0 Å². The molecule has 0 heterocycles. The fraction of sp³-hybridized carbons (Fsp3) is 0.946. The SMILES string of the molecule is CCCCCCCCCCCCCCCC(=O)C(COS(=O)(=O)OCCO)C(=O)CCCCCCCCCCCCCCC.CN. The fourth-order valence-corrected chi connectivity index (χ4v) is 6.32. The third-order valence-corrected chi connectivity index (χ3v) is 9.41. The Balaban J connectivity index is 0. The number of carbonyl (C=O) groups excluding carboxylic acids is 2. The Kier molecular flexibility index (Phi) is 38.0. The number of hydrogen-bond donors (Lipinski definition) is 2. The average molecular weight is 678 g/mol. The molecule has 0 amide bonds. The van der Waals surface area contributed by atoms with Gasteiger partial charge in [-0.05, 0) is 19.9 Å². The summed E-state index contributed by atoms with van der Waals surface area (Å²) in [5.41, 5.74) is 4.50. The highest BCUT2D eigenvalue weighted by Crippen LogP contribution is 2.18. The summed E-state index contributed by atoms with van der Waals surface area (Å²) < 4.78 is 33.3. The van der Waals surface area contributed by atoms with E-state index in [2.05, 4.69) is 23.8 Å².